The van der Waals surface area contributed by atoms with E-state index in [0.717, 1.165) is 19.5 Å². The largest absolute Gasteiger partial charge is 0.466 e. The summed E-state index contributed by atoms with van der Waals surface area (Å²) >= 11 is 0. The van der Waals surface area contributed by atoms with Crippen molar-refractivity contribution in [3.05, 3.63) is 0 Å². The molecule has 0 fully saturated rings. The van der Waals surface area contributed by atoms with Gasteiger partial charge in [-0.05, 0) is 46.4 Å². The van der Waals surface area contributed by atoms with E-state index in [1.165, 1.54) is 96.4 Å². The lowest BCUT2D eigenvalue weighted by Gasteiger charge is -2.09. The van der Waals surface area contributed by atoms with E-state index in [0.29, 0.717) is 13.0 Å². The van der Waals surface area contributed by atoms with Gasteiger partial charge in [-0.3, -0.25) is 4.79 Å². The van der Waals surface area contributed by atoms with Gasteiger partial charge in [0, 0.05) is 6.54 Å². The van der Waals surface area contributed by atoms with Crippen LogP contribution in [0.15, 0.2) is 0 Å². The summed E-state index contributed by atoms with van der Waals surface area (Å²) in [7, 11) is 4.26. The third-order valence-corrected chi connectivity index (χ3v) is 5.23. The van der Waals surface area contributed by atoms with Crippen LogP contribution < -0.4 is 5.32 Å². The quantitative estimate of drug-likeness (QED) is 0.181. The van der Waals surface area contributed by atoms with E-state index < -0.39 is 0 Å². The van der Waals surface area contributed by atoms with Crippen molar-refractivity contribution >= 4 is 5.97 Å². The van der Waals surface area contributed by atoms with E-state index in [1.54, 1.807) is 0 Å². The van der Waals surface area contributed by atoms with Gasteiger partial charge < -0.3 is 15.0 Å². The Morgan fingerprint density at radius 1 is 0.714 bits per heavy atom. The molecule has 168 valence electrons. The number of ether oxygens (including phenoxy) is 1. The first-order chi connectivity index (χ1) is 13.7. The van der Waals surface area contributed by atoms with Crippen LogP contribution in [0.5, 0.6) is 0 Å². The average Bonchev–Trinajstić information content (AvgIpc) is 2.67. The second kappa shape index (κ2) is 22.7. The zero-order valence-corrected chi connectivity index (χ0v) is 19.4. The Morgan fingerprint density at radius 3 is 1.86 bits per heavy atom. The summed E-state index contributed by atoms with van der Waals surface area (Å²) in [5.74, 6) is -0.0490. The second-order valence-electron chi connectivity index (χ2n) is 8.47. The van der Waals surface area contributed by atoms with Crippen LogP contribution in [0.3, 0.4) is 0 Å². The molecule has 0 saturated carbocycles. The second-order valence-corrected chi connectivity index (χ2v) is 8.47. The molecule has 0 amide bonds. The third-order valence-electron chi connectivity index (χ3n) is 5.23. The van der Waals surface area contributed by atoms with E-state index >= 15 is 0 Å². The van der Waals surface area contributed by atoms with Gasteiger partial charge in [0.05, 0.1) is 13.0 Å². The summed E-state index contributed by atoms with van der Waals surface area (Å²) < 4.78 is 5.32. The van der Waals surface area contributed by atoms with Crippen molar-refractivity contribution in [3.63, 3.8) is 0 Å². The van der Waals surface area contributed by atoms with Gasteiger partial charge in [0.2, 0.25) is 0 Å². The first-order valence-electron chi connectivity index (χ1n) is 12.2. The fourth-order valence-electron chi connectivity index (χ4n) is 3.37. The zero-order valence-electron chi connectivity index (χ0n) is 19.4. The molecule has 0 aliphatic heterocycles. The molecule has 0 spiro atoms. The molecule has 0 bridgehead atoms. The highest BCUT2D eigenvalue weighted by Gasteiger charge is 2.02. The monoisotopic (exact) mass is 398 g/mol. The van der Waals surface area contributed by atoms with Crippen molar-refractivity contribution < 1.29 is 9.53 Å². The highest BCUT2D eigenvalue weighted by Crippen LogP contribution is 2.10. The maximum atomic E-state index is 11.7. The summed E-state index contributed by atoms with van der Waals surface area (Å²) in [5.41, 5.74) is 0. The van der Waals surface area contributed by atoms with Crippen LogP contribution in [0.1, 0.15) is 110 Å². The minimum atomic E-state index is -0.0490. The van der Waals surface area contributed by atoms with E-state index in [2.05, 4.69) is 31.2 Å². The fourth-order valence-corrected chi connectivity index (χ4v) is 3.37. The molecule has 4 heteroatoms. The first kappa shape index (κ1) is 27.4. The molecular weight excluding hydrogens is 348 g/mol. The van der Waals surface area contributed by atoms with Gasteiger partial charge in [0.1, 0.15) is 0 Å². The standard InChI is InChI=1S/C24H50N2O2/c1-4-5-6-7-8-9-10-11-15-18-23-28-24(27)19-21-25-20-16-13-12-14-17-22-26(2)3/h25H,4-23H2,1-3H3. The molecule has 0 aromatic heterocycles. The van der Waals surface area contributed by atoms with Gasteiger partial charge in [0.25, 0.3) is 0 Å². The molecule has 4 nitrogen and oxygen atoms in total. The smallest absolute Gasteiger partial charge is 0.307 e. The minimum Gasteiger partial charge on any atom is -0.466 e. The van der Waals surface area contributed by atoms with Gasteiger partial charge in [-0.25, -0.2) is 0 Å². The van der Waals surface area contributed by atoms with Gasteiger partial charge in [0.15, 0.2) is 0 Å². The number of carbonyl (C=O) groups excluding carboxylic acids is 1. The molecule has 0 aromatic rings. The van der Waals surface area contributed by atoms with Crippen molar-refractivity contribution in [2.45, 2.75) is 110 Å². The predicted octanol–water partition coefficient (Wildman–Crippen LogP) is 5.94. The molecule has 0 radical (unpaired) electrons. The van der Waals surface area contributed by atoms with Crippen molar-refractivity contribution in [2.75, 3.05) is 40.3 Å². The summed E-state index contributed by atoms with van der Waals surface area (Å²) in [4.78, 5) is 13.9. The van der Waals surface area contributed by atoms with Crippen LogP contribution in [0.4, 0.5) is 0 Å². The number of carbonyl (C=O) groups is 1. The molecule has 1 N–H and O–H groups in total. The predicted molar refractivity (Wildman–Crippen MR) is 122 cm³/mol. The zero-order chi connectivity index (χ0) is 20.7. The van der Waals surface area contributed by atoms with Gasteiger partial charge >= 0.3 is 5.97 Å². The Balaban J connectivity index is 3.15. The number of nitrogens with one attached hydrogen (secondary N) is 1. The maximum Gasteiger partial charge on any atom is 0.307 e. The lowest BCUT2D eigenvalue weighted by Crippen LogP contribution is -2.20. The summed E-state index contributed by atoms with van der Waals surface area (Å²) in [6.45, 7) is 5.82. The molecule has 0 aliphatic carbocycles. The molecule has 0 aliphatic rings. The average molecular weight is 399 g/mol. The summed E-state index contributed by atoms with van der Waals surface area (Å²) in [6.07, 6.45) is 20.0. The fraction of sp³-hybridized carbons (Fsp3) is 0.958. The first-order valence-corrected chi connectivity index (χ1v) is 12.2. The normalized spacial score (nSPS) is 11.3. The number of nitrogens with zero attached hydrogens (tertiary/aromatic N) is 1. The minimum absolute atomic E-state index is 0.0490. The Bertz CT molecular complexity index is 322. The number of rotatable bonds is 22. The number of unbranched alkanes of at least 4 members (excludes halogenated alkanes) is 13. The van der Waals surface area contributed by atoms with Crippen LogP contribution in [0, 0.1) is 0 Å². The topological polar surface area (TPSA) is 41.6 Å². The maximum absolute atomic E-state index is 11.7. The van der Waals surface area contributed by atoms with Crippen molar-refractivity contribution in [1.82, 2.24) is 10.2 Å². The van der Waals surface area contributed by atoms with E-state index in [9.17, 15) is 4.79 Å². The van der Waals surface area contributed by atoms with Gasteiger partial charge in [-0.2, -0.15) is 0 Å². The summed E-state index contributed by atoms with van der Waals surface area (Å²) in [6, 6.07) is 0. The van der Waals surface area contributed by atoms with Gasteiger partial charge in [-0.15, -0.1) is 0 Å². The molecular formula is C24H50N2O2. The molecule has 0 rings (SSSR count). The molecule has 28 heavy (non-hydrogen) atoms. The Morgan fingerprint density at radius 2 is 1.25 bits per heavy atom. The lowest BCUT2D eigenvalue weighted by atomic mass is 10.1. The highest BCUT2D eigenvalue weighted by atomic mass is 16.5. The third kappa shape index (κ3) is 23.4. The molecule has 0 atom stereocenters. The van der Waals surface area contributed by atoms with E-state index in [-0.39, 0.29) is 5.97 Å². The SMILES string of the molecule is CCCCCCCCCCCCOC(=O)CCNCCCCCCCN(C)C. The Hall–Kier alpha value is -0.610. The lowest BCUT2D eigenvalue weighted by molar-refractivity contribution is -0.143. The van der Waals surface area contributed by atoms with Crippen LogP contribution in [-0.4, -0.2) is 51.2 Å². The highest BCUT2D eigenvalue weighted by molar-refractivity contribution is 5.69. The van der Waals surface area contributed by atoms with Crippen LogP contribution in [0.25, 0.3) is 0 Å². The van der Waals surface area contributed by atoms with Crippen molar-refractivity contribution in [1.29, 1.82) is 0 Å². The number of hydrogen-bond donors (Lipinski definition) is 1. The van der Waals surface area contributed by atoms with Crippen LogP contribution in [-0.2, 0) is 9.53 Å². The number of esters is 1. The van der Waals surface area contributed by atoms with E-state index in [4.69, 9.17) is 4.74 Å². The molecule has 0 aromatic carbocycles. The Labute approximate surface area is 176 Å². The van der Waals surface area contributed by atoms with Crippen LogP contribution >= 0.6 is 0 Å². The number of hydrogen-bond acceptors (Lipinski definition) is 4. The summed E-state index contributed by atoms with van der Waals surface area (Å²) in [5, 5.41) is 3.36. The molecule has 0 unspecified atom stereocenters. The van der Waals surface area contributed by atoms with E-state index in [1.807, 2.05) is 0 Å². The molecule has 0 heterocycles. The van der Waals surface area contributed by atoms with Crippen molar-refractivity contribution in [3.8, 4) is 0 Å². The molecule has 0 saturated heterocycles. The van der Waals surface area contributed by atoms with Crippen LogP contribution in [0.2, 0.25) is 0 Å². The van der Waals surface area contributed by atoms with Gasteiger partial charge in [-0.1, -0.05) is 84.0 Å². The Kier molecular flexibility index (Phi) is 22.2. The van der Waals surface area contributed by atoms with Crippen molar-refractivity contribution in [2.24, 2.45) is 0 Å².